The van der Waals surface area contributed by atoms with Crippen LogP contribution in [0.25, 0.3) is 0 Å². The largest absolute Gasteiger partial charge is 0.397 e. The molecule has 0 bridgehead atoms. The van der Waals surface area contributed by atoms with Crippen molar-refractivity contribution in [3.05, 3.63) is 0 Å². The molecule has 0 aliphatic heterocycles. The Morgan fingerprint density at radius 2 is 1.58 bits per heavy atom. The molecule has 1 nitrogen and oxygen atoms in total. The smallest absolute Gasteiger partial charge is 0.0402 e. The van der Waals surface area contributed by atoms with Crippen LogP contribution in [0.3, 0.4) is 0 Å². The molecular formula is C11H24O. The minimum absolute atomic E-state index is 0.250. The zero-order chi connectivity index (χ0) is 9.40. The molecule has 1 rings (SSSR count). The van der Waals surface area contributed by atoms with E-state index in [2.05, 4.69) is 13.8 Å². The van der Waals surface area contributed by atoms with E-state index in [1.807, 2.05) is 0 Å². The quantitative estimate of drug-likeness (QED) is 0.644. The van der Waals surface area contributed by atoms with Crippen molar-refractivity contribution in [2.75, 3.05) is 6.61 Å². The molecule has 0 aromatic heterocycles. The van der Waals surface area contributed by atoms with Gasteiger partial charge in [-0.15, -0.1) is 0 Å². The molecule has 74 valence electrons. The van der Waals surface area contributed by atoms with Crippen LogP contribution in [0.1, 0.15) is 52.9 Å². The van der Waals surface area contributed by atoms with E-state index in [1.54, 1.807) is 6.92 Å². The predicted molar refractivity (Wildman–Crippen MR) is 54.2 cm³/mol. The lowest BCUT2D eigenvalue weighted by Gasteiger charge is -2.24. The average molecular weight is 172 g/mol. The zero-order valence-electron chi connectivity index (χ0n) is 8.84. The van der Waals surface area contributed by atoms with Crippen LogP contribution in [0.4, 0.5) is 0 Å². The highest BCUT2D eigenvalue weighted by atomic mass is 16.2. The van der Waals surface area contributed by atoms with Gasteiger partial charge in [-0.25, -0.2) is 0 Å². The van der Waals surface area contributed by atoms with E-state index < -0.39 is 0 Å². The fourth-order valence-corrected chi connectivity index (χ4v) is 1.80. The summed E-state index contributed by atoms with van der Waals surface area (Å²) in [5.41, 5.74) is 0. The van der Waals surface area contributed by atoms with Gasteiger partial charge in [0.25, 0.3) is 0 Å². The first-order valence-electron chi connectivity index (χ1n) is 5.33. The maximum Gasteiger partial charge on any atom is 0.0402 e. The van der Waals surface area contributed by atoms with E-state index in [-0.39, 0.29) is 6.61 Å². The van der Waals surface area contributed by atoms with Crippen LogP contribution in [-0.2, 0) is 0 Å². The van der Waals surface area contributed by atoms with Crippen molar-refractivity contribution < 1.29 is 5.11 Å². The fourth-order valence-electron chi connectivity index (χ4n) is 1.80. The van der Waals surface area contributed by atoms with E-state index >= 15 is 0 Å². The van der Waals surface area contributed by atoms with Gasteiger partial charge in [0.2, 0.25) is 0 Å². The van der Waals surface area contributed by atoms with Gasteiger partial charge in [-0.3, -0.25) is 0 Å². The Balaban J connectivity index is 0.000000354. The van der Waals surface area contributed by atoms with Gasteiger partial charge in [0.15, 0.2) is 0 Å². The summed E-state index contributed by atoms with van der Waals surface area (Å²) >= 11 is 0. The highest BCUT2D eigenvalue weighted by Crippen LogP contribution is 2.29. The van der Waals surface area contributed by atoms with Gasteiger partial charge in [-0.05, 0) is 18.8 Å². The molecule has 1 N–H and O–H groups in total. The van der Waals surface area contributed by atoms with E-state index in [4.69, 9.17) is 5.11 Å². The summed E-state index contributed by atoms with van der Waals surface area (Å²) in [6.07, 6.45) is 7.46. The van der Waals surface area contributed by atoms with Crippen LogP contribution in [-0.4, -0.2) is 11.7 Å². The molecule has 0 saturated heterocycles. The second-order valence-corrected chi connectivity index (χ2v) is 3.96. The lowest BCUT2D eigenvalue weighted by atomic mass is 9.82. The summed E-state index contributed by atoms with van der Waals surface area (Å²) < 4.78 is 0. The second kappa shape index (κ2) is 7.60. The third-order valence-electron chi connectivity index (χ3n) is 2.59. The molecule has 1 saturated carbocycles. The maximum atomic E-state index is 7.57. The van der Waals surface area contributed by atoms with Crippen LogP contribution >= 0.6 is 0 Å². The van der Waals surface area contributed by atoms with Crippen molar-refractivity contribution >= 4 is 0 Å². The SMILES string of the molecule is CC(C)C1CCCCC1.CCO. The van der Waals surface area contributed by atoms with Crippen LogP contribution in [0.2, 0.25) is 0 Å². The number of aliphatic hydroxyl groups excluding tert-OH is 1. The molecule has 1 aliphatic carbocycles. The number of aliphatic hydroxyl groups is 1. The summed E-state index contributed by atoms with van der Waals surface area (Å²) in [5.74, 6) is 1.99. The summed E-state index contributed by atoms with van der Waals surface area (Å²) in [6.45, 7) is 6.64. The Kier molecular flexibility index (Phi) is 7.58. The molecule has 0 radical (unpaired) electrons. The molecule has 12 heavy (non-hydrogen) atoms. The standard InChI is InChI=1S/C9H18.C2H6O/c1-8(2)9-6-4-3-5-7-9;1-2-3/h8-9H,3-7H2,1-2H3;3H,2H2,1H3. The molecule has 1 aliphatic rings. The lowest BCUT2D eigenvalue weighted by Crippen LogP contribution is -2.12. The molecule has 1 heteroatoms. The first kappa shape index (κ1) is 12.0. The summed E-state index contributed by atoms with van der Waals surface area (Å²) in [4.78, 5) is 0. The highest BCUT2D eigenvalue weighted by Gasteiger charge is 2.15. The van der Waals surface area contributed by atoms with Crippen LogP contribution in [0.5, 0.6) is 0 Å². The Bertz CT molecular complexity index is 83.0. The minimum Gasteiger partial charge on any atom is -0.397 e. The van der Waals surface area contributed by atoms with E-state index in [1.165, 1.54) is 32.1 Å². The zero-order valence-corrected chi connectivity index (χ0v) is 8.84. The molecule has 0 unspecified atom stereocenters. The average Bonchev–Trinajstić information content (AvgIpc) is 2.07. The second-order valence-electron chi connectivity index (χ2n) is 3.96. The van der Waals surface area contributed by atoms with Crippen LogP contribution in [0, 0.1) is 11.8 Å². The molecule has 0 spiro atoms. The first-order valence-corrected chi connectivity index (χ1v) is 5.33. The Morgan fingerprint density at radius 1 is 1.17 bits per heavy atom. The fraction of sp³-hybridized carbons (Fsp3) is 1.00. The topological polar surface area (TPSA) is 20.2 Å². The third kappa shape index (κ3) is 5.59. The van der Waals surface area contributed by atoms with Gasteiger partial charge in [-0.2, -0.15) is 0 Å². The van der Waals surface area contributed by atoms with Crippen LogP contribution < -0.4 is 0 Å². The van der Waals surface area contributed by atoms with Gasteiger partial charge in [0.1, 0.15) is 0 Å². The van der Waals surface area contributed by atoms with Gasteiger partial charge in [-0.1, -0.05) is 46.0 Å². The molecule has 0 aromatic rings. The monoisotopic (exact) mass is 172 g/mol. The molecule has 0 aromatic carbocycles. The normalized spacial score (nSPS) is 18.8. The molecule has 1 fully saturated rings. The van der Waals surface area contributed by atoms with Gasteiger partial charge < -0.3 is 5.11 Å². The van der Waals surface area contributed by atoms with E-state index in [0.29, 0.717) is 0 Å². The van der Waals surface area contributed by atoms with Crippen molar-refractivity contribution in [2.24, 2.45) is 11.8 Å². The van der Waals surface area contributed by atoms with Crippen molar-refractivity contribution in [3.63, 3.8) is 0 Å². The van der Waals surface area contributed by atoms with Crippen molar-refractivity contribution in [1.82, 2.24) is 0 Å². The third-order valence-corrected chi connectivity index (χ3v) is 2.59. The molecule has 0 atom stereocenters. The Morgan fingerprint density at radius 3 is 1.83 bits per heavy atom. The molecular weight excluding hydrogens is 148 g/mol. The highest BCUT2D eigenvalue weighted by molar-refractivity contribution is 4.67. The van der Waals surface area contributed by atoms with Crippen molar-refractivity contribution in [3.8, 4) is 0 Å². The van der Waals surface area contributed by atoms with Crippen molar-refractivity contribution in [2.45, 2.75) is 52.9 Å². The Hall–Kier alpha value is -0.0400. The number of rotatable bonds is 1. The summed E-state index contributed by atoms with van der Waals surface area (Å²) in [7, 11) is 0. The Labute approximate surface area is 77.2 Å². The maximum absolute atomic E-state index is 7.57. The number of hydrogen-bond donors (Lipinski definition) is 1. The summed E-state index contributed by atoms with van der Waals surface area (Å²) in [5, 5.41) is 7.57. The van der Waals surface area contributed by atoms with Crippen LogP contribution in [0.15, 0.2) is 0 Å². The van der Waals surface area contributed by atoms with Gasteiger partial charge in [0, 0.05) is 6.61 Å². The van der Waals surface area contributed by atoms with E-state index in [0.717, 1.165) is 11.8 Å². The molecule has 0 amide bonds. The van der Waals surface area contributed by atoms with Gasteiger partial charge in [0.05, 0.1) is 0 Å². The first-order chi connectivity index (χ1) is 5.72. The van der Waals surface area contributed by atoms with E-state index in [9.17, 15) is 0 Å². The lowest BCUT2D eigenvalue weighted by molar-refractivity contribution is 0.279. The summed E-state index contributed by atoms with van der Waals surface area (Å²) in [6, 6.07) is 0. The molecule has 0 heterocycles. The number of hydrogen-bond acceptors (Lipinski definition) is 1. The van der Waals surface area contributed by atoms with Gasteiger partial charge >= 0.3 is 0 Å². The predicted octanol–water partition coefficient (Wildman–Crippen LogP) is 3.22. The minimum atomic E-state index is 0.250. The van der Waals surface area contributed by atoms with Crippen molar-refractivity contribution in [1.29, 1.82) is 0 Å².